The van der Waals surface area contributed by atoms with Gasteiger partial charge in [-0.3, -0.25) is 0 Å². The minimum atomic E-state index is 0.451. The molecule has 5 heteroatoms. The Hall–Kier alpha value is -3.10. The molecule has 4 rings (SSSR count). The van der Waals surface area contributed by atoms with Gasteiger partial charge in [-0.25, -0.2) is 4.98 Å². The highest BCUT2D eigenvalue weighted by Crippen LogP contribution is 2.41. The maximum Gasteiger partial charge on any atom is 0.162 e. The lowest BCUT2D eigenvalue weighted by molar-refractivity contribution is 0.284. The van der Waals surface area contributed by atoms with Crippen LogP contribution in [0.25, 0.3) is 11.6 Å². The number of nitrogens with zero attached hydrogens (tertiary/aromatic N) is 2. The molecule has 1 aromatic heterocycles. The van der Waals surface area contributed by atoms with E-state index in [0.29, 0.717) is 29.6 Å². The highest BCUT2D eigenvalue weighted by atomic mass is 32.1. The van der Waals surface area contributed by atoms with Crippen molar-refractivity contribution in [2.75, 3.05) is 7.11 Å². The molecule has 140 valence electrons. The minimum absolute atomic E-state index is 0.451. The normalized spacial score (nSPS) is 13.8. The third kappa shape index (κ3) is 4.24. The molecule has 1 heterocycles. The van der Waals surface area contributed by atoms with Crippen molar-refractivity contribution in [2.45, 2.75) is 25.4 Å². The molecule has 4 nitrogen and oxygen atoms in total. The summed E-state index contributed by atoms with van der Waals surface area (Å²) >= 11 is 1.53. The van der Waals surface area contributed by atoms with Crippen LogP contribution in [0.15, 0.2) is 53.9 Å². The molecule has 1 saturated carbocycles. The Morgan fingerprint density at radius 3 is 2.75 bits per heavy atom. The molecular formula is C23H20N2O2S. The number of ether oxygens (including phenoxy) is 2. The summed E-state index contributed by atoms with van der Waals surface area (Å²) in [5.41, 5.74) is 3.64. The predicted octanol–water partition coefficient (Wildman–Crippen LogP) is 5.67. The van der Waals surface area contributed by atoms with E-state index in [9.17, 15) is 5.26 Å². The molecule has 3 aromatic rings. The van der Waals surface area contributed by atoms with E-state index >= 15 is 0 Å². The number of thiazole rings is 1. The second-order valence-corrected chi connectivity index (χ2v) is 7.56. The van der Waals surface area contributed by atoms with Gasteiger partial charge in [0.2, 0.25) is 0 Å². The van der Waals surface area contributed by atoms with E-state index in [-0.39, 0.29) is 0 Å². The van der Waals surface area contributed by atoms with Crippen molar-refractivity contribution in [3.05, 3.63) is 75.7 Å². The van der Waals surface area contributed by atoms with Crippen LogP contribution in [0.3, 0.4) is 0 Å². The summed E-state index contributed by atoms with van der Waals surface area (Å²) in [6.45, 7) is 0.451. The first-order valence-electron chi connectivity index (χ1n) is 9.19. The molecule has 0 atom stereocenters. The molecule has 28 heavy (non-hydrogen) atoms. The lowest BCUT2D eigenvalue weighted by atomic mass is 10.1. The molecular weight excluding hydrogens is 368 g/mol. The van der Waals surface area contributed by atoms with Crippen molar-refractivity contribution in [2.24, 2.45) is 0 Å². The number of methoxy groups -OCH3 is 1. The maximum absolute atomic E-state index is 9.62. The lowest BCUT2D eigenvalue weighted by Gasteiger charge is -2.11. The molecule has 1 aliphatic rings. The Labute approximate surface area is 168 Å². The number of hydrogen-bond donors (Lipinski definition) is 0. The molecule has 0 amide bonds. The van der Waals surface area contributed by atoms with Crippen molar-refractivity contribution in [1.29, 1.82) is 5.26 Å². The summed E-state index contributed by atoms with van der Waals surface area (Å²) in [5.74, 6) is 1.90. The molecule has 0 spiro atoms. The Kier molecular flexibility index (Phi) is 5.41. The number of hydrogen-bond acceptors (Lipinski definition) is 5. The van der Waals surface area contributed by atoms with Gasteiger partial charge in [0.15, 0.2) is 11.5 Å². The van der Waals surface area contributed by atoms with Crippen molar-refractivity contribution < 1.29 is 9.47 Å². The van der Waals surface area contributed by atoms with Gasteiger partial charge in [-0.1, -0.05) is 36.4 Å². The Bertz CT molecular complexity index is 1030. The van der Waals surface area contributed by atoms with Gasteiger partial charge in [-0.05, 0) is 42.2 Å². The first-order chi connectivity index (χ1) is 13.8. The van der Waals surface area contributed by atoms with Crippen LogP contribution in [0, 0.1) is 11.3 Å². The number of allylic oxidation sites excluding steroid dienone is 1. The van der Waals surface area contributed by atoms with Crippen LogP contribution >= 0.6 is 11.3 Å². The van der Waals surface area contributed by atoms with Crippen molar-refractivity contribution in [1.82, 2.24) is 4.98 Å². The van der Waals surface area contributed by atoms with Crippen molar-refractivity contribution in [3.8, 4) is 17.6 Å². The SMILES string of the molecule is COc1ccc(C=C(C#N)c2nc(C3CC3)cs2)cc1OCc1ccccc1. The van der Waals surface area contributed by atoms with Crippen LogP contribution in [0.2, 0.25) is 0 Å². The zero-order valence-electron chi connectivity index (χ0n) is 15.6. The topological polar surface area (TPSA) is 55.1 Å². The van der Waals surface area contributed by atoms with Crippen LogP contribution < -0.4 is 9.47 Å². The molecule has 0 radical (unpaired) electrons. The first-order valence-corrected chi connectivity index (χ1v) is 10.1. The van der Waals surface area contributed by atoms with Crippen LogP contribution in [0.1, 0.15) is 40.6 Å². The van der Waals surface area contributed by atoms with Gasteiger partial charge in [0, 0.05) is 11.3 Å². The van der Waals surface area contributed by atoms with Crippen LogP contribution in [-0.2, 0) is 6.61 Å². The number of nitriles is 1. The zero-order chi connectivity index (χ0) is 19.3. The number of benzene rings is 2. The summed E-state index contributed by atoms with van der Waals surface area (Å²) in [6.07, 6.45) is 4.26. The lowest BCUT2D eigenvalue weighted by Crippen LogP contribution is -1.98. The van der Waals surface area contributed by atoms with E-state index in [1.165, 1.54) is 24.2 Å². The Morgan fingerprint density at radius 2 is 2.04 bits per heavy atom. The average Bonchev–Trinajstić information content (AvgIpc) is 3.48. The second-order valence-electron chi connectivity index (χ2n) is 6.71. The molecule has 0 unspecified atom stereocenters. The van der Waals surface area contributed by atoms with E-state index < -0.39 is 0 Å². The highest BCUT2D eigenvalue weighted by molar-refractivity contribution is 7.11. The van der Waals surface area contributed by atoms with E-state index in [0.717, 1.165) is 21.8 Å². The first kappa shape index (κ1) is 18.3. The summed E-state index contributed by atoms with van der Waals surface area (Å²) in [6, 6.07) is 17.9. The third-order valence-electron chi connectivity index (χ3n) is 4.60. The summed E-state index contributed by atoms with van der Waals surface area (Å²) in [7, 11) is 1.62. The van der Waals surface area contributed by atoms with Gasteiger partial charge in [-0.2, -0.15) is 5.26 Å². The van der Waals surface area contributed by atoms with Crippen molar-refractivity contribution in [3.63, 3.8) is 0 Å². The molecule has 1 fully saturated rings. The minimum Gasteiger partial charge on any atom is -0.493 e. The molecule has 0 N–H and O–H groups in total. The Balaban J connectivity index is 1.57. The van der Waals surface area contributed by atoms with Gasteiger partial charge in [0.25, 0.3) is 0 Å². The van der Waals surface area contributed by atoms with Crippen LogP contribution in [0.5, 0.6) is 11.5 Å². The van der Waals surface area contributed by atoms with E-state index in [1.807, 2.05) is 54.6 Å². The number of aromatic nitrogens is 1. The summed E-state index contributed by atoms with van der Waals surface area (Å²) < 4.78 is 11.4. The van der Waals surface area contributed by atoms with E-state index in [2.05, 4.69) is 16.4 Å². The molecule has 0 saturated heterocycles. The fourth-order valence-electron chi connectivity index (χ4n) is 2.92. The average molecular weight is 388 g/mol. The largest absolute Gasteiger partial charge is 0.493 e. The van der Waals surface area contributed by atoms with Gasteiger partial charge in [0.1, 0.15) is 17.7 Å². The quantitative estimate of drug-likeness (QED) is 0.489. The fourth-order valence-corrected chi connectivity index (χ4v) is 3.78. The third-order valence-corrected chi connectivity index (χ3v) is 5.50. The zero-order valence-corrected chi connectivity index (χ0v) is 16.4. The second kappa shape index (κ2) is 8.28. The smallest absolute Gasteiger partial charge is 0.162 e. The monoisotopic (exact) mass is 388 g/mol. The highest BCUT2D eigenvalue weighted by Gasteiger charge is 2.26. The maximum atomic E-state index is 9.62. The number of rotatable bonds is 7. The summed E-state index contributed by atoms with van der Waals surface area (Å²) in [5, 5.41) is 12.5. The molecule has 0 aliphatic heterocycles. The summed E-state index contributed by atoms with van der Waals surface area (Å²) in [4.78, 5) is 4.64. The van der Waals surface area contributed by atoms with Gasteiger partial charge in [-0.15, -0.1) is 11.3 Å². The van der Waals surface area contributed by atoms with Gasteiger partial charge < -0.3 is 9.47 Å². The van der Waals surface area contributed by atoms with Crippen LogP contribution in [-0.4, -0.2) is 12.1 Å². The molecule has 0 bridgehead atoms. The van der Waals surface area contributed by atoms with E-state index in [1.54, 1.807) is 7.11 Å². The Morgan fingerprint density at radius 1 is 1.21 bits per heavy atom. The molecule has 2 aromatic carbocycles. The van der Waals surface area contributed by atoms with E-state index in [4.69, 9.17) is 9.47 Å². The standard InChI is InChI=1S/C23H20N2O2S/c1-26-21-10-7-17(12-22(21)27-14-16-5-3-2-4-6-16)11-19(13-24)23-25-20(15-28-23)18-8-9-18/h2-7,10-12,15,18H,8-9,14H2,1H3. The van der Waals surface area contributed by atoms with Crippen molar-refractivity contribution >= 4 is 23.0 Å². The van der Waals surface area contributed by atoms with Gasteiger partial charge >= 0.3 is 0 Å². The van der Waals surface area contributed by atoms with Gasteiger partial charge in [0.05, 0.1) is 18.4 Å². The fraction of sp³-hybridized carbons (Fsp3) is 0.217. The molecule has 1 aliphatic carbocycles. The predicted molar refractivity (Wildman–Crippen MR) is 111 cm³/mol. The van der Waals surface area contributed by atoms with Crippen LogP contribution in [0.4, 0.5) is 0 Å².